The summed E-state index contributed by atoms with van der Waals surface area (Å²) in [5.74, 6) is 1.89. The third kappa shape index (κ3) is 3.50. The van der Waals surface area contributed by atoms with Crippen LogP contribution < -0.4 is 19.6 Å². The van der Waals surface area contributed by atoms with Crippen molar-refractivity contribution in [3.05, 3.63) is 40.4 Å². The summed E-state index contributed by atoms with van der Waals surface area (Å²) in [4.78, 5) is 4.55. The molecule has 0 amide bonds. The van der Waals surface area contributed by atoms with E-state index in [1.165, 1.54) is 0 Å². The summed E-state index contributed by atoms with van der Waals surface area (Å²) in [6.45, 7) is 0. The molecule has 0 spiro atoms. The van der Waals surface area contributed by atoms with Crippen molar-refractivity contribution in [2.24, 2.45) is 12.1 Å². The van der Waals surface area contributed by atoms with Crippen molar-refractivity contribution in [1.82, 2.24) is 19.7 Å². The van der Waals surface area contributed by atoms with E-state index < -0.39 is 0 Å². The molecule has 154 valence electrons. The first-order valence-electron chi connectivity index (χ1n) is 8.93. The predicted molar refractivity (Wildman–Crippen MR) is 119 cm³/mol. The lowest BCUT2D eigenvalue weighted by molar-refractivity contribution is 0.324. The van der Waals surface area contributed by atoms with Gasteiger partial charge >= 0.3 is 0 Å². The first-order chi connectivity index (χ1) is 14.5. The van der Waals surface area contributed by atoms with Gasteiger partial charge in [0.25, 0.3) is 5.95 Å². The van der Waals surface area contributed by atoms with Crippen LogP contribution in [0.5, 0.6) is 17.2 Å². The van der Waals surface area contributed by atoms with Gasteiger partial charge in [-0.25, -0.2) is 5.43 Å². The van der Waals surface area contributed by atoms with Crippen LogP contribution in [-0.4, -0.2) is 47.3 Å². The van der Waals surface area contributed by atoms with Crippen LogP contribution in [-0.2, 0) is 7.05 Å². The van der Waals surface area contributed by atoms with Crippen LogP contribution >= 0.6 is 15.9 Å². The number of methoxy groups -OCH3 is 3. The van der Waals surface area contributed by atoms with E-state index in [1.54, 1.807) is 39.7 Å². The van der Waals surface area contributed by atoms with E-state index in [2.05, 4.69) is 41.6 Å². The van der Waals surface area contributed by atoms with Gasteiger partial charge in [-0.15, -0.1) is 10.2 Å². The number of benzene rings is 2. The Bertz CT molecular complexity index is 1250. The molecule has 0 saturated heterocycles. The number of halogens is 1. The molecular weight excluding hydrogens is 452 g/mol. The molecule has 1 N–H and O–H groups in total. The zero-order chi connectivity index (χ0) is 21.3. The minimum Gasteiger partial charge on any atom is -0.493 e. The Kier molecular flexibility index (Phi) is 5.40. The number of nitrogens with one attached hydrogen (secondary N) is 1. The third-order valence-electron chi connectivity index (χ3n) is 4.63. The zero-order valence-electron chi connectivity index (χ0n) is 16.8. The lowest BCUT2D eigenvalue weighted by Gasteiger charge is -2.12. The molecule has 2 heterocycles. The Morgan fingerprint density at radius 3 is 2.43 bits per heavy atom. The molecule has 0 aliphatic carbocycles. The van der Waals surface area contributed by atoms with Gasteiger partial charge in [0.05, 0.1) is 33.1 Å². The molecule has 0 unspecified atom stereocenters. The normalized spacial score (nSPS) is 11.4. The molecule has 2 aromatic carbocycles. The van der Waals surface area contributed by atoms with Gasteiger partial charge in [-0.2, -0.15) is 10.1 Å². The highest BCUT2D eigenvalue weighted by Gasteiger charge is 2.14. The van der Waals surface area contributed by atoms with Crippen molar-refractivity contribution in [2.75, 3.05) is 26.8 Å². The van der Waals surface area contributed by atoms with Gasteiger partial charge in [-0.05, 0) is 30.3 Å². The van der Waals surface area contributed by atoms with Crippen LogP contribution in [0.4, 0.5) is 5.95 Å². The predicted octanol–water partition coefficient (Wildman–Crippen LogP) is 3.75. The zero-order valence-corrected chi connectivity index (χ0v) is 18.4. The molecular formula is C20H19BrN6O3. The highest BCUT2D eigenvalue weighted by Crippen LogP contribution is 2.37. The summed E-state index contributed by atoms with van der Waals surface area (Å²) >= 11 is 3.49. The molecule has 0 radical (unpaired) electrons. The number of rotatable bonds is 6. The van der Waals surface area contributed by atoms with Crippen LogP contribution in [0.3, 0.4) is 0 Å². The number of anilines is 1. The maximum Gasteiger partial charge on any atom is 0.265 e. The van der Waals surface area contributed by atoms with Gasteiger partial charge in [-0.3, -0.25) is 0 Å². The van der Waals surface area contributed by atoms with Crippen LogP contribution in [0.2, 0.25) is 0 Å². The van der Waals surface area contributed by atoms with E-state index in [4.69, 9.17) is 14.2 Å². The molecule has 0 bridgehead atoms. The van der Waals surface area contributed by atoms with Crippen molar-refractivity contribution in [3.8, 4) is 17.2 Å². The summed E-state index contributed by atoms with van der Waals surface area (Å²) in [7, 11) is 6.62. The Labute approximate surface area is 180 Å². The van der Waals surface area contributed by atoms with E-state index in [9.17, 15) is 0 Å². The Balaban J connectivity index is 1.63. The van der Waals surface area contributed by atoms with Crippen LogP contribution in [0.1, 0.15) is 5.56 Å². The topological polar surface area (TPSA) is 95.7 Å². The average molecular weight is 471 g/mol. The number of hydrogen-bond donors (Lipinski definition) is 1. The quantitative estimate of drug-likeness (QED) is 0.338. The Hall–Kier alpha value is -3.40. The maximum absolute atomic E-state index is 5.35. The van der Waals surface area contributed by atoms with Crippen LogP contribution in [0, 0.1) is 0 Å². The summed E-state index contributed by atoms with van der Waals surface area (Å²) in [5, 5.41) is 13.7. The molecule has 2 aromatic heterocycles. The van der Waals surface area contributed by atoms with E-state index in [0.29, 0.717) is 22.9 Å². The molecule has 0 saturated carbocycles. The number of ether oxygens (including phenoxy) is 3. The summed E-state index contributed by atoms with van der Waals surface area (Å²) in [5.41, 5.74) is 6.03. The van der Waals surface area contributed by atoms with Crippen molar-refractivity contribution in [2.45, 2.75) is 0 Å². The molecule has 4 rings (SSSR count). The number of aryl methyl sites for hydroxylation is 1. The number of aromatic nitrogens is 4. The molecule has 0 fully saturated rings. The second kappa shape index (κ2) is 8.15. The van der Waals surface area contributed by atoms with E-state index >= 15 is 0 Å². The van der Waals surface area contributed by atoms with E-state index in [-0.39, 0.29) is 5.95 Å². The largest absolute Gasteiger partial charge is 0.493 e. The van der Waals surface area contributed by atoms with Gasteiger partial charge in [0.1, 0.15) is 5.52 Å². The van der Waals surface area contributed by atoms with Crippen molar-refractivity contribution in [3.63, 3.8) is 0 Å². The lowest BCUT2D eigenvalue weighted by Crippen LogP contribution is -2.01. The molecule has 9 nitrogen and oxygen atoms in total. The fourth-order valence-corrected chi connectivity index (χ4v) is 3.58. The molecule has 0 atom stereocenters. The highest BCUT2D eigenvalue weighted by atomic mass is 79.9. The fraction of sp³-hybridized carbons (Fsp3) is 0.200. The smallest absolute Gasteiger partial charge is 0.265 e. The van der Waals surface area contributed by atoms with E-state index in [0.717, 1.165) is 26.5 Å². The second-order valence-electron chi connectivity index (χ2n) is 6.36. The summed E-state index contributed by atoms with van der Waals surface area (Å²) in [6.07, 6.45) is 1.61. The molecule has 4 aromatic rings. The van der Waals surface area contributed by atoms with Crippen LogP contribution in [0.25, 0.3) is 22.1 Å². The third-order valence-corrected chi connectivity index (χ3v) is 5.12. The first-order valence-corrected chi connectivity index (χ1v) is 9.72. The maximum atomic E-state index is 5.35. The molecule has 10 heteroatoms. The monoisotopic (exact) mass is 470 g/mol. The van der Waals surface area contributed by atoms with Gasteiger partial charge in [0, 0.05) is 22.5 Å². The SMILES string of the molecule is COc1cc(/C=N/Nc2nnc3c4cc(Br)ccc4n(C)c3n2)cc(OC)c1OC. The second-order valence-corrected chi connectivity index (χ2v) is 7.27. The number of fused-ring (bicyclic) bond motifs is 3. The Morgan fingerprint density at radius 2 is 1.77 bits per heavy atom. The number of hydrazone groups is 1. The Morgan fingerprint density at radius 1 is 1.03 bits per heavy atom. The van der Waals surface area contributed by atoms with Gasteiger partial charge < -0.3 is 18.8 Å². The average Bonchev–Trinajstić information content (AvgIpc) is 3.03. The molecule has 0 aliphatic rings. The van der Waals surface area contributed by atoms with Gasteiger partial charge in [0.2, 0.25) is 5.75 Å². The van der Waals surface area contributed by atoms with Gasteiger partial charge in [-0.1, -0.05) is 15.9 Å². The minimum atomic E-state index is 0.288. The summed E-state index contributed by atoms with van der Waals surface area (Å²) < 4.78 is 19.0. The van der Waals surface area contributed by atoms with Crippen LogP contribution in [0.15, 0.2) is 39.9 Å². The first kappa shape index (κ1) is 19.9. The van der Waals surface area contributed by atoms with E-state index in [1.807, 2.05) is 29.8 Å². The van der Waals surface area contributed by atoms with Crippen molar-refractivity contribution < 1.29 is 14.2 Å². The lowest BCUT2D eigenvalue weighted by atomic mass is 10.2. The van der Waals surface area contributed by atoms with Crippen molar-refractivity contribution >= 4 is 50.2 Å². The standard InChI is InChI=1S/C20H19BrN6O3/c1-27-14-6-5-12(21)9-13(14)17-19(27)23-20(26-24-17)25-22-10-11-7-15(28-2)18(30-4)16(8-11)29-3/h5-10H,1-4H3,(H,23,25,26)/b22-10+. The van der Waals surface area contributed by atoms with Gasteiger partial charge in [0.15, 0.2) is 17.1 Å². The summed E-state index contributed by atoms with van der Waals surface area (Å²) in [6, 6.07) is 9.57. The molecule has 0 aliphatic heterocycles. The molecule has 30 heavy (non-hydrogen) atoms. The highest BCUT2D eigenvalue weighted by molar-refractivity contribution is 9.10. The number of hydrogen-bond acceptors (Lipinski definition) is 8. The minimum absolute atomic E-state index is 0.288. The van der Waals surface area contributed by atoms with Crippen molar-refractivity contribution in [1.29, 1.82) is 0 Å². The number of nitrogens with zero attached hydrogens (tertiary/aromatic N) is 5. The fourth-order valence-electron chi connectivity index (χ4n) is 3.22.